The summed E-state index contributed by atoms with van der Waals surface area (Å²) in [5.41, 5.74) is 3.00. The fraction of sp³-hybridized carbons (Fsp3) is 0.682. The molecule has 1 aromatic carbocycles. The SMILES string of the molecule is COCCCN1CC2(CCC1=O)CCN(Cc1ccc(OC)cc1C)CC2. The van der Waals surface area contributed by atoms with E-state index in [0.29, 0.717) is 17.7 Å². The lowest BCUT2D eigenvalue weighted by Crippen LogP contribution is -2.51. The van der Waals surface area contributed by atoms with Crippen LogP contribution in [0.5, 0.6) is 5.75 Å². The fourth-order valence-corrected chi connectivity index (χ4v) is 4.51. The Morgan fingerprint density at radius 1 is 1.15 bits per heavy atom. The lowest BCUT2D eigenvalue weighted by Gasteiger charge is -2.47. The first-order chi connectivity index (χ1) is 13.0. The van der Waals surface area contributed by atoms with Crippen LogP contribution in [-0.4, -0.2) is 62.7 Å². The molecule has 0 N–H and O–H groups in total. The molecule has 2 aliphatic rings. The van der Waals surface area contributed by atoms with E-state index in [9.17, 15) is 4.79 Å². The van der Waals surface area contributed by atoms with Gasteiger partial charge in [-0.15, -0.1) is 0 Å². The highest BCUT2D eigenvalue weighted by atomic mass is 16.5. The first kappa shape index (κ1) is 20.2. The number of ether oxygens (including phenoxy) is 2. The van der Waals surface area contributed by atoms with E-state index in [2.05, 4.69) is 34.9 Å². The highest BCUT2D eigenvalue weighted by Crippen LogP contribution is 2.40. The summed E-state index contributed by atoms with van der Waals surface area (Å²) in [6.45, 7) is 7.90. The quantitative estimate of drug-likeness (QED) is 0.687. The summed E-state index contributed by atoms with van der Waals surface area (Å²) >= 11 is 0. The van der Waals surface area contributed by atoms with E-state index in [-0.39, 0.29) is 0 Å². The van der Waals surface area contributed by atoms with Gasteiger partial charge in [0.1, 0.15) is 5.75 Å². The minimum absolute atomic E-state index is 0.326. The van der Waals surface area contributed by atoms with Crippen molar-refractivity contribution in [2.24, 2.45) is 5.41 Å². The van der Waals surface area contributed by atoms with Crippen LogP contribution in [0.2, 0.25) is 0 Å². The van der Waals surface area contributed by atoms with Crippen LogP contribution in [0.4, 0.5) is 0 Å². The summed E-state index contributed by atoms with van der Waals surface area (Å²) in [4.78, 5) is 16.9. The van der Waals surface area contributed by atoms with Crippen molar-refractivity contribution in [3.63, 3.8) is 0 Å². The van der Waals surface area contributed by atoms with Gasteiger partial charge in [0.05, 0.1) is 7.11 Å². The van der Waals surface area contributed by atoms with Crippen LogP contribution >= 0.6 is 0 Å². The number of piperidine rings is 2. The summed E-state index contributed by atoms with van der Waals surface area (Å²) in [5.74, 6) is 1.25. The number of carbonyl (C=O) groups excluding carboxylic acids is 1. The van der Waals surface area contributed by atoms with E-state index >= 15 is 0 Å². The van der Waals surface area contributed by atoms with Crippen LogP contribution in [0.1, 0.15) is 43.2 Å². The summed E-state index contributed by atoms with van der Waals surface area (Å²) in [7, 11) is 3.44. The molecule has 2 heterocycles. The Labute approximate surface area is 163 Å². The molecule has 1 amide bonds. The Kier molecular flexibility index (Phi) is 6.77. The van der Waals surface area contributed by atoms with Crippen molar-refractivity contribution >= 4 is 5.91 Å². The molecule has 5 heteroatoms. The van der Waals surface area contributed by atoms with Gasteiger partial charge in [0, 0.05) is 39.8 Å². The maximum absolute atomic E-state index is 12.3. The number of aryl methyl sites for hydroxylation is 1. The molecule has 0 unspecified atom stereocenters. The Morgan fingerprint density at radius 3 is 2.59 bits per heavy atom. The lowest BCUT2D eigenvalue weighted by molar-refractivity contribution is -0.139. The summed E-state index contributed by atoms with van der Waals surface area (Å²) in [5, 5.41) is 0. The van der Waals surface area contributed by atoms with Crippen molar-refractivity contribution in [2.45, 2.75) is 45.6 Å². The van der Waals surface area contributed by atoms with Gasteiger partial charge in [-0.05, 0) is 74.4 Å². The maximum atomic E-state index is 12.3. The Bertz CT molecular complexity index is 638. The predicted octanol–water partition coefficient (Wildman–Crippen LogP) is 3.24. The number of carbonyl (C=O) groups is 1. The van der Waals surface area contributed by atoms with Crippen LogP contribution in [0.25, 0.3) is 0 Å². The Balaban J connectivity index is 1.54. The maximum Gasteiger partial charge on any atom is 0.222 e. The third-order valence-corrected chi connectivity index (χ3v) is 6.39. The molecule has 5 nitrogen and oxygen atoms in total. The second kappa shape index (κ2) is 9.07. The largest absolute Gasteiger partial charge is 0.497 e. The molecule has 0 saturated carbocycles. The van der Waals surface area contributed by atoms with Crippen molar-refractivity contribution in [3.8, 4) is 5.75 Å². The monoisotopic (exact) mass is 374 g/mol. The van der Waals surface area contributed by atoms with Gasteiger partial charge in [0.2, 0.25) is 5.91 Å². The molecule has 1 spiro atoms. The van der Waals surface area contributed by atoms with Crippen molar-refractivity contribution in [1.82, 2.24) is 9.80 Å². The van der Waals surface area contributed by atoms with E-state index in [1.807, 2.05) is 0 Å². The van der Waals surface area contributed by atoms with Gasteiger partial charge >= 0.3 is 0 Å². The van der Waals surface area contributed by atoms with E-state index in [1.54, 1.807) is 14.2 Å². The fourth-order valence-electron chi connectivity index (χ4n) is 4.51. The van der Waals surface area contributed by atoms with Crippen LogP contribution in [0.3, 0.4) is 0 Å². The highest BCUT2D eigenvalue weighted by molar-refractivity contribution is 5.77. The Morgan fingerprint density at radius 2 is 1.93 bits per heavy atom. The first-order valence-electron chi connectivity index (χ1n) is 10.2. The molecular formula is C22H34N2O3. The Hall–Kier alpha value is -1.59. The number of benzene rings is 1. The number of hydrogen-bond acceptors (Lipinski definition) is 4. The predicted molar refractivity (Wildman–Crippen MR) is 107 cm³/mol. The second-order valence-electron chi connectivity index (χ2n) is 8.23. The summed E-state index contributed by atoms with van der Waals surface area (Å²) in [6, 6.07) is 6.36. The van der Waals surface area contributed by atoms with Gasteiger partial charge in [-0.2, -0.15) is 0 Å². The topological polar surface area (TPSA) is 42.0 Å². The molecule has 0 atom stereocenters. The molecule has 0 aliphatic carbocycles. The molecule has 2 fully saturated rings. The number of amides is 1. The third kappa shape index (κ3) is 5.02. The van der Waals surface area contributed by atoms with Gasteiger partial charge in [0.15, 0.2) is 0 Å². The number of methoxy groups -OCH3 is 2. The van der Waals surface area contributed by atoms with Crippen LogP contribution in [0.15, 0.2) is 18.2 Å². The van der Waals surface area contributed by atoms with E-state index < -0.39 is 0 Å². The van der Waals surface area contributed by atoms with Crippen molar-refractivity contribution in [1.29, 1.82) is 0 Å². The van der Waals surface area contributed by atoms with Crippen molar-refractivity contribution in [3.05, 3.63) is 29.3 Å². The molecular weight excluding hydrogens is 340 g/mol. The second-order valence-corrected chi connectivity index (χ2v) is 8.23. The molecule has 2 saturated heterocycles. The number of nitrogens with zero attached hydrogens (tertiary/aromatic N) is 2. The zero-order chi connectivity index (χ0) is 19.3. The molecule has 2 aliphatic heterocycles. The molecule has 27 heavy (non-hydrogen) atoms. The normalized spacial score (nSPS) is 20.3. The standard InChI is InChI=1S/C22H34N2O3/c1-18-15-20(27-3)6-5-19(18)16-23-12-9-22(10-13-23)8-7-21(25)24(17-22)11-4-14-26-2/h5-6,15H,4,7-14,16-17H2,1-3H3. The molecule has 3 rings (SSSR count). The first-order valence-corrected chi connectivity index (χ1v) is 10.2. The third-order valence-electron chi connectivity index (χ3n) is 6.39. The molecule has 150 valence electrons. The van der Waals surface area contributed by atoms with Crippen LogP contribution < -0.4 is 4.74 Å². The van der Waals surface area contributed by atoms with E-state index in [4.69, 9.17) is 9.47 Å². The van der Waals surface area contributed by atoms with Crippen molar-refractivity contribution in [2.75, 3.05) is 47.0 Å². The number of likely N-dealkylation sites (tertiary alicyclic amines) is 2. The smallest absolute Gasteiger partial charge is 0.222 e. The van der Waals surface area contributed by atoms with Crippen LogP contribution in [-0.2, 0) is 16.1 Å². The molecule has 1 aromatic rings. The average Bonchev–Trinajstić information content (AvgIpc) is 2.68. The lowest BCUT2D eigenvalue weighted by atomic mass is 9.72. The minimum atomic E-state index is 0.326. The number of rotatable bonds is 7. The van der Waals surface area contributed by atoms with Crippen molar-refractivity contribution < 1.29 is 14.3 Å². The van der Waals surface area contributed by atoms with Gasteiger partial charge in [0.25, 0.3) is 0 Å². The molecule has 0 aromatic heterocycles. The van der Waals surface area contributed by atoms with Gasteiger partial charge < -0.3 is 14.4 Å². The minimum Gasteiger partial charge on any atom is -0.497 e. The van der Waals surface area contributed by atoms with Crippen LogP contribution in [0, 0.1) is 12.3 Å². The van der Waals surface area contributed by atoms with Gasteiger partial charge in [-0.3, -0.25) is 9.69 Å². The summed E-state index contributed by atoms with van der Waals surface area (Å²) < 4.78 is 10.5. The zero-order valence-corrected chi connectivity index (χ0v) is 17.1. The highest BCUT2D eigenvalue weighted by Gasteiger charge is 2.40. The van der Waals surface area contributed by atoms with Gasteiger partial charge in [-0.1, -0.05) is 6.07 Å². The van der Waals surface area contributed by atoms with Gasteiger partial charge in [-0.25, -0.2) is 0 Å². The van der Waals surface area contributed by atoms with E-state index in [1.165, 1.54) is 24.0 Å². The summed E-state index contributed by atoms with van der Waals surface area (Å²) in [6.07, 6.45) is 5.08. The van der Waals surface area contributed by atoms with E-state index in [0.717, 1.165) is 57.9 Å². The zero-order valence-electron chi connectivity index (χ0n) is 17.1. The molecule has 0 bridgehead atoms. The average molecular weight is 375 g/mol. The molecule has 0 radical (unpaired) electrons. The number of hydrogen-bond donors (Lipinski definition) is 0.